The van der Waals surface area contributed by atoms with Gasteiger partial charge < -0.3 is 9.42 Å². The topological polar surface area (TPSA) is 45.4 Å². The second-order valence-electron chi connectivity index (χ2n) is 4.73. The lowest BCUT2D eigenvalue weighted by molar-refractivity contribution is 0.0884. The zero-order valence-corrected chi connectivity index (χ0v) is 11.0. The van der Waals surface area contributed by atoms with Gasteiger partial charge in [0.05, 0.1) is 6.04 Å². The normalized spacial score (nSPS) is 20.6. The Morgan fingerprint density at radius 3 is 2.53 bits per heavy atom. The molecule has 2 rings (SSSR count). The van der Waals surface area contributed by atoms with E-state index in [0.29, 0.717) is 0 Å². The van der Waals surface area contributed by atoms with Crippen LogP contribution in [0.15, 0.2) is 4.52 Å². The van der Waals surface area contributed by atoms with Gasteiger partial charge in [-0.3, -0.25) is 4.90 Å². The third-order valence-electron chi connectivity index (χ3n) is 3.40. The molecule has 1 unspecified atom stereocenters. The number of piperazine rings is 1. The van der Waals surface area contributed by atoms with Crippen LogP contribution < -0.4 is 0 Å². The number of aromatic nitrogens is 2. The highest BCUT2D eigenvalue weighted by Gasteiger charge is 2.24. The average molecular weight is 238 g/mol. The van der Waals surface area contributed by atoms with Crippen LogP contribution in [-0.2, 0) is 0 Å². The van der Waals surface area contributed by atoms with E-state index in [9.17, 15) is 0 Å². The fraction of sp³-hybridized carbons (Fsp3) is 0.833. The maximum atomic E-state index is 5.24. The Kier molecular flexibility index (Phi) is 4.12. The molecule has 1 atom stereocenters. The molecule has 0 radical (unpaired) electrons. The number of aryl methyl sites for hydroxylation is 1. The van der Waals surface area contributed by atoms with E-state index in [2.05, 4.69) is 33.8 Å². The maximum Gasteiger partial charge on any atom is 0.243 e. The van der Waals surface area contributed by atoms with Crippen LogP contribution >= 0.6 is 0 Å². The maximum absolute atomic E-state index is 5.24. The van der Waals surface area contributed by atoms with E-state index in [1.165, 1.54) is 13.0 Å². The molecule has 0 bridgehead atoms. The predicted octanol–water partition coefficient (Wildman–Crippen LogP) is 1.47. The molecule has 17 heavy (non-hydrogen) atoms. The highest BCUT2D eigenvalue weighted by Crippen LogP contribution is 2.19. The summed E-state index contributed by atoms with van der Waals surface area (Å²) < 4.78 is 5.24. The van der Waals surface area contributed by atoms with Gasteiger partial charge >= 0.3 is 0 Å². The largest absolute Gasteiger partial charge is 0.338 e. The van der Waals surface area contributed by atoms with Gasteiger partial charge in [0.25, 0.3) is 0 Å². The van der Waals surface area contributed by atoms with E-state index < -0.39 is 0 Å². The summed E-state index contributed by atoms with van der Waals surface area (Å²) in [5.74, 6) is 1.46. The Labute approximate surface area is 103 Å². The highest BCUT2D eigenvalue weighted by atomic mass is 16.5. The fourth-order valence-corrected chi connectivity index (χ4v) is 2.33. The first-order valence-electron chi connectivity index (χ1n) is 6.47. The highest BCUT2D eigenvalue weighted by molar-refractivity contribution is 4.91. The lowest BCUT2D eigenvalue weighted by Gasteiger charge is -2.36. The summed E-state index contributed by atoms with van der Waals surface area (Å²) in [5, 5.41) is 3.85. The zero-order valence-electron chi connectivity index (χ0n) is 11.0. The minimum absolute atomic E-state index is 0.236. The smallest absolute Gasteiger partial charge is 0.243 e. The molecule has 96 valence electrons. The van der Waals surface area contributed by atoms with Crippen molar-refractivity contribution in [2.45, 2.75) is 33.2 Å². The summed E-state index contributed by atoms with van der Waals surface area (Å²) >= 11 is 0. The van der Waals surface area contributed by atoms with Crippen molar-refractivity contribution in [3.63, 3.8) is 0 Å². The minimum atomic E-state index is 0.236. The van der Waals surface area contributed by atoms with Crippen LogP contribution in [0.4, 0.5) is 0 Å². The molecular formula is C12H22N4O. The summed E-state index contributed by atoms with van der Waals surface area (Å²) in [6, 6.07) is 0.236. The van der Waals surface area contributed by atoms with Gasteiger partial charge in [-0.25, -0.2) is 0 Å². The van der Waals surface area contributed by atoms with Crippen molar-refractivity contribution in [2.75, 3.05) is 32.7 Å². The molecule has 5 nitrogen and oxygen atoms in total. The van der Waals surface area contributed by atoms with Crippen LogP contribution in [0, 0.1) is 6.92 Å². The average Bonchev–Trinajstić information content (AvgIpc) is 2.76. The van der Waals surface area contributed by atoms with Gasteiger partial charge in [0.1, 0.15) is 0 Å². The van der Waals surface area contributed by atoms with E-state index in [1.807, 2.05) is 6.92 Å². The van der Waals surface area contributed by atoms with Gasteiger partial charge in [-0.1, -0.05) is 12.1 Å². The van der Waals surface area contributed by atoms with Crippen molar-refractivity contribution < 1.29 is 4.52 Å². The van der Waals surface area contributed by atoms with Gasteiger partial charge in [0.15, 0.2) is 5.82 Å². The molecule has 5 heteroatoms. The summed E-state index contributed by atoms with van der Waals surface area (Å²) in [6.45, 7) is 11.9. The van der Waals surface area contributed by atoms with E-state index in [4.69, 9.17) is 4.52 Å². The van der Waals surface area contributed by atoms with Gasteiger partial charge in [-0.15, -0.1) is 0 Å². The molecule has 1 aromatic rings. The van der Waals surface area contributed by atoms with Crippen LogP contribution in [0.1, 0.15) is 38.0 Å². The van der Waals surface area contributed by atoms with Crippen molar-refractivity contribution in [2.24, 2.45) is 0 Å². The SMILES string of the molecule is CCCN1CCN(C(C)c2nc(C)no2)CC1. The van der Waals surface area contributed by atoms with Gasteiger partial charge in [-0.2, -0.15) is 4.98 Å². The molecule has 1 fully saturated rings. The number of hydrogen-bond donors (Lipinski definition) is 0. The molecule has 2 heterocycles. The molecule has 0 spiro atoms. The summed E-state index contributed by atoms with van der Waals surface area (Å²) in [4.78, 5) is 9.24. The van der Waals surface area contributed by atoms with Crippen molar-refractivity contribution in [1.29, 1.82) is 0 Å². The van der Waals surface area contributed by atoms with Crippen molar-refractivity contribution in [3.05, 3.63) is 11.7 Å². The molecule has 0 N–H and O–H groups in total. The van der Waals surface area contributed by atoms with Crippen LogP contribution in [-0.4, -0.2) is 52.7 Å². The first-order chi connectivity index (χ1) is 8.20. The Balaban J connectivity index is 1.88. The van der Waals surface area contributed by atoms with Crippen molar-refractivity contribution in [3.8, 4) is 0 Å². The lowest BCUT2D eigenvalue weighted by atomic mass is 10.2. The Hall–Kier alpha value is -0.940. The molecule has 1 aromatic heterocycles. The van der Waals surface area contributed by atoms with E-state index in [-0.39, 0.29) is 6.04 Å². The van der Waals surface area contributed by atoms with Crippen LogP contribution in [0.2, 0.25) is 0 Å². The Bertz CT molecular complexity index is 344. The molecule has 0 aliphatic carbocycles. The Morgan fingerprint density at radius 2 is 2.00 bits per heavy atom. The molecule has 1 aliphatic heterocycles. The number of rotatable bonds is 4. The van der Waals surface area contributed by atoms with Gasteiger partial charge in [-0.05, 0) is 26.8 Å². The second-order valence-corrected chi connectivity index (χ2v) is 4.73. The molecule has 0 saturated carbocycles. The number of hydrogen-bond acceptors (Lipinski definition) is 5. The van der Waals surface area contributed by atoms with E-state index >= 15 is 0 Å². The monoisotopic (exact) mass is 238 g/mol. The van der Waals surface area contributed by atoms with E-state index in [1.54, 1.807) is 0 Å². The van der Waals surface area contributed by atoms with Crippen molar-refractivity contribution in [1.82, 2.24) is 19.9 Å². The summed E-state index contributed by atoms with van der Waals surface area (Å²) in [5.41, 5.74) is 0. The fourth-order valence-electron chi connectivity index (χ4n) is 2.33. The first-order valence-corrected chi connectivity index (χ1v) is 6.47. The van der Waals surface area contributed by atoms with Gasteiger partial charge in [0.2, 0.25) is 5.89 Å². The standard InChI is InChI=1S/C12H22N4O/c1-4-5-15-6-8-16(9-7-15)10(2)12-13-11(3)14-17-12/h10H,4-9H2,1-3H3. The molecule has 0 amide bonds. The zero-order chi connectivity index (χ0) is 12.3. The molecule has 1 aliphatic rings. The quantitative estimate of drug-likeness (QED) is 0.795. The van der Waals surface area contributed by atoms with Crippen molar-refractivity contribution >= 4 is 0 Å². The lowest BCUT2D eigenvalue weighted by Crippen LogP contribution is -2.47. The molecule has 0 aromatic carbocycles. The van der Waals surface area contributed by atoms with Crippen LogP contribution in [0.25, 0.3) is 0 Å². The summed E-state index contributed by atoms with van der Waals surface area (Å²) in [7, 11) is 0. The van der Waals surface area contributed by atoms with Crippen LogP contribution in [0.3, 0.4) is 0 Å². The van der Waals surface area contributed by atoms with Crippen LogP contribution in [0.5, 0.6) is 0 Å². The first kappa shape index (κ1) is 12.5. The Morgan fingerprint density at radius 1 is 1.29 bits per heavy atom. The molecular weight excluding hydrogens is 216 g/mol. The van der Waals surface area contributed by atoms with Gasteiger partial charge in [0, 0.05) is 26.2 Å². The van der Waals surface area contributed by atoms with E-state index in [0.717, 1.165) is 37.9 Å². The third-order valence-corrected chi connectivity index (χ3v) is 3.40. The molecule has 1 saturated heterocycles. The number of nitrogens with zero attached hydrogens (tertiary/aromatic N) is 4. The minimum Gasteiger partial charge on any atom is -0.338 e. The third kappa shape index (κ3) is 3.04. The predicted molar refractivity (Wildman–Crippen MR) is 65.8 cm³/mol. The summed E-state index contributed by atoms with van der Waals surface area (Å²) in [6.07, 6.45) is 1.23. The second kappa shape index (κ2) is 5.60.